The molecule has 0 bridgehead atoms. The van der Waals surface area contributed by atoms with E-state index in [2.05, 4.69) is 5.32 Å². The molecule has 1 aliphatic carbocycles. The Morgan fingerprint density at radius 1 is 1.47 bits per heavy atom. The van der Waals surface area contributed by atoms with Crippen molar-refractivity contribution in [1.29, 1.82) is 0 Å². The lowest BCUT2D eigenvalue weighted by Gasteiger charge is -2.41. The third kappa shape index (κ3) is 2.40. The normalized spacial score (nSPS) is 17.4. The maximum atomic E-state index is 13.5. The summed E-state index contributed by atoms with van der Waals surface area (Å²) in [6, 6.07) is 4.18. The summed E-state index contributed by atoms with van der Waals surface area (Å²) in [5.41, 5.74) is -0.491. The molecule has 0 unspecified atom stereocenters. The Labute approximate surface area is 109 Å². The fraction of sp³-hybridized carbons (Fsp3) is 0.417. The fourth-order valence-corrected chi connectivity index (χ4v) is 2.50. The molecule has 1 saturated carbocycles. The number of carbonyl (C=O) groups excluding carboxylic acids is 1. The minimum absolute atomic E-state index is 0.106. The number of amides is 1. The van der Waals surface area contributed by atoms with E-state index >= 15 is 0 Å². The van der Waals surface area contributed by atoms with E-state index in [1.807, 2.05) is 0 Å². The summed E-state index contributed by atoms with van der Waals surface area (Å²) in [5.74, 6) is -0.766. The second kappa shape index (κ2) is 4.83. The van der Waals surface area contributed by atoms with Gasteiger partial charge in [0.2, 0.25) is 0 Å². The van der Waals surface area contributed by atoms with Crippen molar-refractivity contribution in [3.63, 3.8) is 0 Å². The van der Waals surface area contributed by atoms with Crippen molar-refractivity contribution in [3.8, 4) is 0 Å². The summed E-state index contributed by atoms with van der Waals surface area (Å²) in [5, 5.41) is 2.90. The highest BCUT2D eigenvalue weighted by Crippen LogP contribution is 2.33. The molecule has 0 heterocycles. The summed E-state index contributed by atoms with van der Waals surface area (Å²) in [7, 11) is 0. The monoisotopic (exact) mass is 275 g/mol. The summed E-state index contributed by atoms with van der Waals surface area (Å²) >= 11 is 11.7. The zero-order valence-corrected chi connectivity index (χ0v) is 10.6. The third-order valence-electron chi connectivity index (χ3n) is 3.13. The Bertz CT molecular complexity index is 420. The number of benzene rings is 1. The van der Waals surface area contributed by atoms with E-state index in [-0.39, 0.29) is 16.1 Å². The zero-order valence-electron chi connectivity index (χ0n) is 9.10. The van der Waals surface area contributed by atoms with Crippen LogP contribution in [0.15, 0.2) is 18.2 Å². The average Bonchev–Trinajstić information content (AvgIpc) is 2.23. The summed E-state index contributed by atoms with van der Waals surface area (Å²) in [6.07, 6.45) is 2.68. The van der Waals surface area contributed by atoms with Crippen molar-refractivity contribution in [2.24, 2.45) is 0 Å². The Morgan fingerprint density at radius 3 is 2.65 bits per heavy atom. The number of rotatable bonds is 3. The van der Waals surface area contributed by atoms with Gasteiger partial charge < -0.3 is 5.32 Å². The molecule has 1 N–H and O–H groups in total. The average molecular weight is 276 g/mol. The van der Waals surface area contributed by atoms with Crippen LogP contribution in [-0.4, -0.2) is 17.3 Å². The number of nitrogens with one attached hydrogen (secondary N) is 1. The van der Waals surface area contributed by atoms with Crippen molar-refractivity contribution in [2.75, 3.05) is 5.88 Å². The number of hydrogen-bond acceptors (Lipinski definition) is 1. The van der Waals surface area contributed by atoms with Gasteiger partial charge in [0.1, 0.15) is 5.82 Å². The highest BCUT2D eigenvalue weighted by Gasteiger charge is 2.38. The van der Waals surface area contributed by atoms with Gasteiger partial charge in [0.25, 0.3) is 5.91 Å². The highest BCUT2D eigenvalue weighted by molar-refractivity contribution is 6.33. The second-order valence-electron chi connectivity index (χ2n) is 4.32. The van der Waals surface area contributed by atoms with Crippen molar-refractivity contribution in [2.45, 2.75) is 24.8 Å². The van der Waals surface area contributed by atoms with Crippen LogP contribution in [0, 0.1) is 5.82 Å². The molecule has 0 aliphatic heterocycles. The molecule has 0 atom stereocenters. The van der Waals surface area contributed by atoms with E-state index in [4.69, 9.17) is 23.2 Å². The van der Waals surface area contributed by atoms with Crippen LogP contribution in [0.25, 0.3) is 0 Å². The number of carbonyl (C=O) groups is 1. The van der Waals surface area contributed by atoms with Crippen LogP contribution >= 0.6 is 23.2 Å². The van der Waals surface area contributed by atoms with Crippen molar-refractivity contribution >= 4 is 29.1 Å². The minimum Gasteiger partial charge on any atom is -0.345 e. The van der Waals surface area contributed by atoms with Crippen LogP contribution < -0.4 is 5.32 Å². The van der Waals surface area contributed by atoms with Crippen molar-refractivity contribution in [1.82, 2.24) is 5.32 Å². The summed E-state index contributed by atoms with van der Waals surface area (Å²) in [4.78, 5) is 12.0. The summed E-state index contributed by atoms with van der Waals surface area (Å²) in [6.45, 7) is 0. The van der Waals surface area contributed by atoms with Crippen molar-refractivity contribution < 1.29 is 9.18 Å². The number of halogens is 3. The first-order valence-corrected chi connectivity index (χ1v) is 6.32. The molecule has 1 aromatic rings. The lowest BCUT2D eigenvalue weighted by Crippen LogP contribution is -2.55. The van der Waals surface area contributed by atoms with Gasteiger partial charge in [-0.2, -0.15) is 0 Å². The Hall–Kier alpha value is -0.800. The Balaban J connectivity index is 2.20. The molecule has 1 amide bonds. The van der Waals surface area contributed by atoms with Crippen LogP contribution in [0.4, 0.5) is 4.39 Å². The predicted molar refractivity (Wildman–Crippen MR) is 66.2 cm³/mol. The molecule has 5 heteroatoms. The van der Waals surface area contributed by atoms with Crippen molar-refractivity contribution in [3.05, 3.63) is 34.6 Å². The number of alkyl halides is 1. The third-order valence-corrected chi connectivity index (χ3v) is 3.96. The van der Waals surface area contributed by atoms with Gasteiger partial charge in [-0.25, -0.2) is 4.39 Å². The Kier molecular flexibility index (Phi) is 3.59. The highest BCUT2D eigenvalue weighted by atomic mass is 35.5. The molecule has 17 heavy (non-hydrogen) atoms. The molecule has 1 aliphatic rings. The van der Waals surface area contributed by atoms with E-state index in [0.29, 0.717) is 5.88 Å². The number of hydrogen-bond donors (Lipinski definition) is 1. The lowest BCUT2D eigenvalue weighted by atomic mass is 9.78. The first kappa shape index (κ1) is 12.7. The predicted octanol–water partition coefficient (Wildman–Crippen LogP) is 3.37. The van der Waals surface area contributed by atoms with Gasteiger partial charge in [-0.1, -0.05) is 17.7 Å². The van der Waals surface area contributed by atoms with Gasteiger partial charge in [-0.05, 0) is 31.4 Å². The fourth-order valence-electron chi connectivity index (χ4n) is 1.91. The molecule has 0 aromatic heterocycles. The SMILES string of the molecule is O=C(NC1(CCl)CCC1)c1c(F)cccc1Cl. The van der Waals surface area contributed by atoms with Gasteiger partial charge in [0.15, 0.2) is 0 Å². The zero-order chi connectivity index (χ0) is 12.5. The molecule has 0 spiro atoms. The molecule has 2 nitrogen and oxygen atoms in total. The Morgan fingerprint density at radius 2 is 2.18 bits per heavy atom. The molecule has 1 aromatic carbocycles. The van der Waals surface area contributed by atoms with E-state index < -0.39 is 11.7 Å². The molecule has 1 fully saturated rings. The standard InChI is InChI=1S/C12H12Cl2FNO/c13-7-12(5-2-6-12)16-11(17)10-8(14)3-1-4-9(10)15/h1,3-4H,2,5-7H2,(H,16,17). The smallest absolute Gasteiger partial charge is 0.256 e. The van der Waals surface area contributed by atoms with E-state index in [1.54, 1.807) is 0 Å². The molecule has 0 saturated heterocycles. The maximum absolute atomic E-state index is 13.5. The molecular weight excluding hydrogens is 264 g/mol. The quantitative estimate of drug-likeness (QED) is 0.842. The van der Waals surface area contributed by atoms with Gasteiger partial charge in [0.05, 0.1) is 16.1 Å². The van der Waals surface area contributed by atoms with Gasteiger partial charge in [0, 0.05) is 5.88 Å². The van der Waals surface area contributed by atoms with E-state index in [0.717, 1.165) is 19.3 Å². The first-order chi connectivity index (χ1) is 8.08. The molecule has 0 radical (unpaired) electrons. The topological polar surface area (TPSA) is 29.1 Å². The lowest BCUT2D eigenvalue weighted by molar-refractivity contribution is 0.0850. The van der Waals surface area contributed by atoms with E-state index in [9.17, 15) is 9.18 Å². The van der Waals surface area contributed by atoms with Crippen LogP contribution in [0.2, 0.25) is 5.02 Å². The molecule has 2 rings (SSSR count). The molecule has 92 valence electrons. The van der Waals surface area contributed by atoms with Gasteiger partial charge in [-0.3, -0.25) is 4.79 Å². The van der Waals surface area contributed by atoms with Crippen LogP contribution in [0.3, 0.4) is 0 Å². The second-order valence-corrected chi connectivity index (χ2v) is 4.99. The van der Waals surface area contributed by atoms with Gasteiger partial charge >= 0.3 is 0 Å². The molecular formula is C12H12Cl2FNO. The minimum atomic E-state index is -0.612. The van der Waals surface area contributed by atoms with E-state index in [1.165, 1.54) is 18.2 Å². The van der Waals surface area contributed by atoms with Crippen LogP contribution in [0.5, 0.6) is 0 Å². The maximum Gasteiger partial charge on any atom is 0.256 e. The largest absolute Gasteiger partial charge is 0.345 e. The summed E-state index contributed by atoms with van der Waals surface area (Å²) < 4.78 is 13.5. The van der Waals surface area contributed by atoms with Crippen LogP contribution in [-0.2, 0) is 0 Å². The first-order valence-electron chi connectivity index (χ1n) is 5.40. The van der Waals surface area contributed by atoms with Crippen LogP contribution in [0.1, 0.15) is 29.6 Å². The van der Waals surface area contributed by atoms with Gasteiger partial charge in [-0.15, -0.1) is 11.6 Å².